The fourth-order valence-corrected chi connectivity index (χ4v) is 5.61. The fourth-order valence-electron chi connectivity index (χ4n) is 4.02. The molecule has 0 bridgehead atoms. The van der Waals surface area contributed by atoms with Crippen LogP contribution in [0.2, 0.25) is 5.02 Å². The Kier molecular flexibility index (Phi) is 5.95. The maximum absolute atomic E-state index is 13.0. The molecule has 0 aliphatic carbocycles. The maximum Gasteiger partial charge on any atom is 0.261 e. The molecule has 1 aliphatic heterocycles. The molecule has 0 amide bonds. The number of rotatable bonds is 5. The Morgan fingerprint density at radius 2 is 1.73 bits per heavy atom. The highest BCUT2D eigenvalue weighted by Gasteiger charge is 2.30. The maximum atomic E-state index is 13.0. The Morgan fingerprint density at radius 1 is 1.07 bits per heavy atom. The van der Waals surface area contributed by atoms with E-state index in [2.05, 4.69) is 4.98 Å². The number of hydrogen-bond acceptors (Lipinski definition) is 4. The van der Waals surface area contributed by atoms with Gasteiger partial charge in [0.1, 0.15) is 5.82 Å². The molecule has 2 heterocycles. The third kappa shape index (κ3) is 4.02. The van der Waals surface area contributed by atoms with Crippen molar-refractivity contribution in [2.45, 2.75) is 37.6 Å². The number of piperidine rings is 1. The smallest absolute Gasteiger partial charge is 0.261 e. The highest BCUT2D eigenvalue weighted by atomic mass is 35.5. The first-order valence-corrected chi connectivity index (χ1v) is 12.0. The predicted octanol–water partition coefficient (Wildman–Crippen LogP) is 3.71. The van der Waals surface area contributed by atoms with Gasteiger partial charge in [0.2, 0.25) is 10.0 Å². The van der Waals surface area contributed by atoms with Gasteiger partial charge in [0.15, 0.2) is 0 Å². The van der Waals surface area contributed by atoms with E-state index in [0.29, 0.717) is 49.3 Å². The standard InChI is InChI=1S/C22H24ClN3O3S/c1-2-21-24-20-6-4-3-5-19(20)22(27)26(21)15-16-11-13-25(14-12-16)30(28,29)18-9-7-17(23)8-10-18/h3-10,16H,2,11-15H2,1H3. The number of para-hydroxylation sites is 1. The van der Waals surface area contributed by atoms with Gasteiger partial charge in [-0.05, 0) is 55.2 Å². The third-order valence-corrected chi connectivity index (χ3v) is 7.89. The van der Waals surface area contributed by atoms with Crippen LogP contribution < -0.4 is 5.56 Å². The summed E-state index contributed by atoms with van der Waals surface area (Å²) in [5, 5.41) is 1.13. The predicted molar refractivity (Wildman–Crippen MR) is 118 cm³/mol. The summed E-state index contributed by atoms with van der Waals surface area (Å²) < 4.78 is 29.1. The van der Waals surface area contributed by atoms with Crippen molar-refractivity contribution in [2.75, 3.05) is 13.1 Å². The van der Waals surface area contributed by atoms with E-state index in [1.807, 2.05) is 31.2 Å². The van der Waals surface area contributed by atoms with E-state index in [-0.39, 0.29) is 16.4 Å². The summed E-state index contributed by atoms with van der Waals surface area (Å²) in [6.07, 6.45) is 2.08. The van der Waals surface area contributed by atoms with Gasteiger partial charge < -0.3 is 0 Å². The van der Waals surface area contributed by atoms with Crippen molar-refractivity contribution in [3.63, 3.8) is 0 Å². The lowest BCUT2D eigenvalue weighted by molar-refractivity contribution is 0.249. The summed E-state index contributed by atoms with van der Waals surface area (Å²) in [4.78, 5) is 17.9. The van der Waals surface area contributed by atoms with E-state index in [0.717, 1.165) is 11.3 Å². The molecule has 0 saturated carbocycles. The Morgan fingerprint density at radius 3 is 2.40 bits per heavy atom. The van der Waals surface area contributed by atoms with E-state index in [1.165, 1.54) is 16.4 Å². The molecule has 0 spiro atoms. The summed E-state index contributed by atoms with van der Waals surface area (Å²) in [6, 6.07) is 13.7. The van der Waals surface area contributed by atoms with E-state index >= 15 is 0 Å². The van der Waals surface area contributed by atoms with Crippen molar-refractivity contribution in [1.82, 2.24) is 13.9 Å². The molecular weight excluding hydrogens is 422 g/mol. The monoisotopic (exact) mass is 445 g/mol. The lowest BCUT2D eigenvalue weighted by Gasteiger charge is -2.31. The summed E-state index contributed by atoms with van der Waals surface area (Å²) in [5.74, 6) is 1.00. The second-order valence-electron chi connectivity index (χ2n) is 7.62. The lowest BCUT2D eigenvalue weighted by Crippen LogP contribution is -2.40. The van der Waals surface area contributed by atoms with Crippen molar-refractivity contribution in [3.8, 4) is 0 Å². The molecule has 1 fully saturated rings. The Bertz CT molecular complexity index is 1210. The van der Waals surface area contributed by atoms with Crippen LogP contribution >= 0.6 is 11.6 Å². The molecule has 3 aromatic rings. The van der Waals surface area contributed by atoms with Gasteiger partial charge in [0, 0.05) is 31.1 Å². The van der Waals surface area contributed by atoms with Gasteiger partial charge in [-0.2, -0.15) is 4.31 Å². The van der Waals surface area contributed by atoms with Gasteiger partial charge in [-0.1, -0.05) is 30.7 Å². The van der Waals surface area contributed by atoms with Crippen molar-refractivity contribution in [1.29, 1.82) is 0 Å². The van der Waals surface area contributed by atoms with Gasteiger partial charge in [-0.3, -0.25) is 9.36 Å². The first-order valence-electron chi connectivity index (χ1n) is 10.1. The zero-order valence-corrected chi connectivity index (χ0v) is 18.4. The molecule has 0 atom stereocenters. The van der Waals surface area contributed by atoms with Crippen molar-refractivity contribution >= 4 is 32.5 Å². The van der Waals surface area contributed by atoms with Crippen LogP contribution in [-0.2, 0) is 23.0 Å². The number of nitrogens with zero attached hydrogens (tertiary/aromatic N) is 3. The van der Waals surface area contributed by atoms with Gasteiger partial charge in [-0.15, -0.1) is 0 Å². The van der Waals surface area contributed by atoms with Crippen LogP contribution in [0.3, 0.4) is 0 Å². The van der Waals surface area contributed by atoms with Crippen LogP contribution in [0.15, 0.2) is 58.2 Å². The quantitative estimate of drug-likeness (QED) is 0.600. The minimum absolute atomic E-state index is 0.0198. The molecule has 8 heteroatoms. The van der Waals surface area contributed by atoms with Crippen molar-refractivity contribution < 1.29 is 8.42 Å². The number of halogens is 1. The second-order valence-corrected chi connectivity index (χ2v) is 9.99. The van der Waals surface area contributed by atoms with Crippen LogP contribution in [0, 0.1) is 5.92 Å². The van der Waals surface area contributed by atoms with E-state index < -0.39 is 10.0 Å². The molecule has 1 aliphatic rings. The molecule has 6 nitrogen and oxygen atoms in total. The average Bonchev–Trinajstić information content (AvgIpc) is 2.76. The highest BCUT2D eigenvalue weighted by Crippen LogP contribution is 2.26. The minimum Gasteiger partial charge on any atom is -0.296 e. The number of fused-ring (bicyclic) bond motifs is 1. The molecule has 30 heavy (non-hydrogen) atoms. The van der Waals surface area contributed by atoms with Gasteiger partial charge >= 0.3 is 0 Å². The summed E-state index contributed by atoms with van der Waals surface area (Å²) in [5.41, 5.74) is 0.702. The van der Waals surface area contributed by atoms with Crippen LogP contribution in [0.5, 0.6) is 0 Å². The zero-order chi connectivity index (χ0) is 21.3. The summed E-state index contributed by atoms with van der Waals surface area (Å²) >= 11 is 5.88. The number of sulfonamides is 1. The molecule has 1 saturated heterocycles. The number of aromatic nitrogens is 2. The van der Waals surface area contributed by atoms with Crippen molar-refractivity contribution in [3.05, 3.63) is 69.7 Å². The summed E-state index contributed by atoms with van der Waals surface area (Å²) in [7, 11) is -3.53. The Balaban J connectivity index is 1.51. The van der Waals surface area contributed by atoms with Gasteiger partial charge in [0.25, 0.3) is 5.56 Å². The molecule has 0 unspecified atom stereocenters. The van der Waals surface area contributed by atoms with Crippen LogP contribution in [0.1, 0.15) is 25.6 Å². The number of aryl methyl sites for hydroxylation is 1. The molecule has 1 aromatic heterocycles. The topological polar surface area (TPSA) is 72.3 Å². The Labute approximate surface area is 181 Å². The lowest BCUT2D eigenvalue weighted by atomic mass is 9.98. The van der Waals surface area contributed by atoms with Crippen molar-refractivity contribution in [2.24, 2.45) is 5.92 Å². The third-order valence-electron chi connectivity index (χ3n) is 5.72. The first kappa shape index (κ1) is 21.0. The van der Waals surface area contributed by atoms with Crippen LogP contribution in [-0.4, -0.2) is 35.4 Å². The molecule has 4 rings (SSSR count). The van der Waals surface area contributed by atoms with Gasteiger partial charge in [0.05, 0.1) is 15.8 Å². The van der Waals surface area contributed by atoms with E-state index in [9.17, 15) is 13.2 Å². The molecule has 2 aromatic carbocycles. The average molecular weight is 446 g/mol. The highest BCUT2D eigenvalue weighted by molar-refractivity contribution is 7.89. The summed E-state index contributed by atoms with van der Waals surface area (Å²) in [6.45, 7) is 3.43. The van der Waals surface area contributed by atoms with Gasteiger partial charge in [-0.25, -0.2) is 13.4 Å². The van der Waals surface area contributed by atoms with Crippen LogP contribution in [0.25, 0.3) is 10.9 Å². The molecule has 158 valence electrons. The Hall–Kier alpha value is -2.22. The largest absolute Gasteiger partial charge is 0.296 e. The van der Waals surface area contributed by atoms with E-state index in [1.54, 1.807) is 16.7 Å². The second kappa shape index (κ2) is 8.49. The zero-order valence-electron chi connectivity index (χ0n) is 16.8. The fraction of sp³-hybridized carbons (Fsp3) is 0.364. The molecular formula is C22H24ClN3O3S. The molecule has 0 N–H and O–H groups in total. The normalized spacial score (nSPS) is 16.2. The minimum atomic E-state index is -3.53. The van der Waals surface area contributed by atoms with E-state index in [4.69, 9.17) is 11.6 Å². The SMILES string of the molecule is CCc1nc2ccccc2c(=O)n1CC1CCN(S(=O)(=O)c2ccc(Cl)cc2)CC1. The first-order chi connectivity index (χ1) is 14.4. The number of hydrogen-bond donors (Lipinski definition) is 0. The van der Waals surface area contributed by atoms with Crippen LogP contribution in [0.4, 0.5) is 0 Å². The molecule has 0 radical (unpaired) electrons. The number of benzene rings is 2.